The number of nitrogens with zero attached hydrogens (tertiary/aromatic N) is 2. The maximum atomic E-state index is 12.5. The van der Waals surface area contributed by atoms with E-state index in [0.717, 1.165) is 47.6 Å². The average Bonchev–Trinajstić information content (AvgIpc) is 3.22. The molecule has 34 heavy (non-hydrogen) atoms. The van der Waals surface area contributed by atoms with Crippen molar-refractivity contribution in [2.75, 3.05) is 20.3 Å². The summed E-state index contributed by atoms with van der Waals surface area (Å²) in [5, 5.41) is 3.00. The standard InChI is InChI=1S/C28H31N3O3/c1-21-10-3-6-15-26(21)34-19-8-7-18-31-25-14-5-4-13-24(25)30-27(31)16-17-29-28(32)22-11-9-12-23(20-22)33-2/h3-6,9-15,20H,7-8,16-19H2,1-2H3,(H,29,32). The summed E-state index contributed by atoms with van der Waals surface area (Å²) in [6.07, 6.45) is 2.59. The summed E-state index contributed by atoms with van der Waals surface area (Å²) in [7, 11) is 1.59. The molecule has 3 aromatic carbocycles. The van der Waals surface area contributed by atoms with E-state index >= 15 is 0 Å². The number of nitrogens with one attached hydrogen (secondary N) is 1. The summed E-state index contributed by atoms with van der Waals surface area (Å²) in [6.45, 7) is 4.11. The molecule has 0 saturated heterocycles. The van der Waals surface area contributed by atoms with Crippen LogP contribution in [-0.2, 0) is 13.0 Å². The number of rotatable bonds is 11. The third-order valence-electron chi connectivity index (χ3n) is 5.83. The van der Waals surface area contributed by atoms with Gasteiger partial charge >= 0.3 is 0 Å². The minimum Gasteiger partial charge on any atom is -0.497 e. The second kappa shape index (κ2) is 11.4. The van der Waals surface area contributed by atoms with Crippen molar-refractivity contribution in [3.63, 3.8) is 0 Å². The number of hydrogen-bond acceptors (Lipinski definition) is 4. The molecule has 0 spiro atoms. The van der Waals surface area contributed by atoms with Gasteiger partial charge in [-0.15, -0.1) is 0 Å². The lowest BCUT2D eigenvalue weighted by Crippen LogP contribution is -2.26. The van der Waals surface area contributed by atoms with Crippen LogP contribution >= 0.6 is 0 Å². The molecule has 0 radical (unpaired) electrons. The first-order valence-electron chi connectivity index (χ1n) is 11.7. The van der Waals surface area contributed by atoms with Gasteiger partial charge in [0.15, 0.2) is 0 Å². The molecular weight excluding hydrogens is 426 g/mol. The van der Waals surface area contributed by atoms with Crippen LogP contribution in [0.15, 0.2) is 72.8 Å². The first-order valence-corrected chi connectivity index (χ1v) is 11.7. The number of methoxy groups -OCH3 is 1. The van der Waals surface area contributed by atoms with Gasteiger partial charge in [-0.3, -0.25) is 4.79 Å². The van der Waals surface area contributed by atoms with Crippen molar-refractivity contribution in [1.82, 2.24) is 14.9 Å². The molecule has 0 aliphatic heterocycles. The lowest BCUT2D eigenvalue weighted by atomic mass is 10.2. The zero-order chi connectivity index (χ0) is 23.8. The fourth-order valence-corrected chi connectivity index (χ4v) is 3.99. The Bertz CT molecular complexity index is 1250. The summed E-state index contributed by atoms with van der Waals surface area (Å²) in [5.74, 6) is 2.48. The Hall–Kier alpha value is -3.80. The monoisotopic (exact) mass is 457 g/mol. The molecule has 0 unspecified atom stereocenters. The van der Waals surface area contributed by atoms with Crippen LogP contribution in [-0.4, -0.2) is 35.7 Å². The van der Waals surface area contributed by atoms with Crippen molar-refractivity contribution in [3.05, 3.63) is 89.7 Å². The van der Waals surface area contributed by atoms with Crippen molar-refractivity contribution in [2.45, 2.75) is 32.7 Å². The Balaban J connectivity index is 1.34. The molecule has 176 valence electrons. The maximum absolute atomic E-state index is 12.5. The Morgan fingerprint density at radius 1 is 1.00 bits per heavy atom. The van der Waals surface area contributed by atoms with Crippen molar-refractivity contribution in [2.24, 2.45) is 0 Å². The van der Waals surface area contributed by atoms with E-state index in [1.807, 2.05) is 48.5 Å². The van der Waals surface area contributed by atoms with Crippen molar-refractivity contribution < 1.29 is 14.3 Å². The van der Waals surface area contributed by atoms with E-state index in [1.54, 1.807) is 19.2 Å². The number of amides is 1. The third-order valence-corrected chi connectivity index (χ3v) is 5.83. The zero-order valence-electron chi connectivity index (χ0n) is 19.8. The van der Waals surface area contributed by atoms with Gasteiger partial charge in [-0.05, 0) is 61.7 Å². The van der Waals surface area contributed by atoms with Gasteiger partial charge in [0.2, 0.25) is 0 Å². The van der Waals surface area contributed by atoms with Crippen LogP contribution in [0.2, 0.25) is 0 Å². The third kappa shape index (κ3) is 5.76. The molecule has 0 aliphatic carbocycles. The lowest BCUT2D eigenvalue weighted by Gasteiger charge is -2.12. The van der Waals surface area contributed by atoms with E-state index in [9.17, 15) is 4.79 Å². The SMILES string of the molecule is COc1cccc(C(=O)NCCc2nc3ccccc3n2CCCCOc2ccccc2C)c1. The van der Waals surface area contributed by atoms with Gasteiger partial charge in [0.05, 0.1) is 24.8 Å². The van der Waals surface area contributed by atoms with E-state index in [1.165, 1.54) is 0 Å². The molecule has 1 N–H and O–H groups in total. The first-order chi connectivity index (χ1) is 16.7. The molecule has 0 atom stereocenters. The Kier molecular flexibility index (Phi) is 7.81. The number of carbonyl (C=O) groups excluding carboxylic acids is 1. The summed E-state index contributed by atoms with van der Waals surface area (Å²) in [5.41, 5.74) is 3.84. The molecular formula is C28H31N3O3. The number of hydrogen-bond donors (Lipinski definition) is 1. The highest BCUT2D eigenvalue weighted by atomic mass is 16.5. The largest absolute Gasteiger partial charge is 0.497 e. The normalized spacial score (nSPS) is 10.9. The summed E-state index contributed by atoms with van der Waals surface area (Å²) in [6, 6.07) is 23.4. The number of benzene rings is 3. The van der Waals surface area contributed by atoms with Crippen LogP contribution in [0.4, 0.5) is 0 Å². The number of para-hydroxylation sites is 3. The van der Waals surface area contributed by atoms with Crippen molar-refractivity contribution in [1.29, 1.82) is 0 Å². The number of carbonyl (C=O) groups is 1. The van der Waals surface area contributed by atoms with E-state index < -0.39 is 0 Å². The summed E-state index contributed by atoms with van der Waals surface area (Å²) < 4.78 is 13.4. The molecule has 0 bridgehead atoms. The van der Waals surface area contributed by atoms with Crippen LogP contribution < -0.4 is 14.8 Å². The number of ether oxygens (including phenoxy) is 2. The molecule has 6 nitrogen and oxygen atoms in total. The predicted molar refractivity (Wildman–Crippen MR) is 135 cm³/mol. The van der Waals surface area contributed by atoms with E-state index in [-0.39, 0.29) is 5.91 Å². The number of aryl methyl sites for hydroxylation is 2. The number of imidazole rings is 1. The fraction of sp³-hybridized carbons (Fsp3) is 0.286. The number of fused-ring (bicyclic) bond motifs is 1. The molecule has 1 heterocycles. The highest BCUT2D eigenvalue weighted by Crippen LogP contribution is 2.19. The Labute approximate surface area is 200 Å². The van der Waals surface area contributed by atoms with Gasteiger partial charge in [0, 0.05) is 25.1 Å². The summed E-state index contributed by atoms with van der Waals surface area (Å²) in [4.78, 5) is 17.4. The van der Waals surface area contributed by atoms with E-state index in [0.29, 0.717) is 30.9 Å². The van der Waals surface area contributed by atoms with Crippen molar-refractivity contribution >= 4 is 16.9 Å². The second-order valence-electron chi connectivity index (χ2n) is 8.23. The minimum atomic E-state index is -0.116. The molecule has 6 heteroatoms. The van der Waals surface area contributed by atoms with Crippen LogP contribution in [0.1, 0.15) is 34.6 Å². The van der Waals surface area contributed by atoms with Crippen molar-refractivity contribution in [3.8, 4) is 11.5 Å². The second-order valence-corrected chi connectivity index (χ2v) is 8.23. The van der Waals surface area contributed by atoms with Gasteiger partial charge in [0.1, 0.15) is 17.3 Å². The molecule has 0 fully saturated rings. The van der Waals surface area contributed by atoms with Gasteiger partial charge in [-0.25, -0.2) is 4.98 Å². The molecule has 1 aromatic heterocycles. The van der Waals surface area contributed by atoms with Crippen LogP contribution in [0.25, 0.3) is 11.0 Å². The highest BCUT2D eigenvalue weighted by Gasteiger charge is 2.12. The van der Waals surface area contributed by atoms with Gasteiger partial charge in [0.25, 0.3) is 5.91 Å². The average molecular weight is 458 g/mol. The molecule has 4 aromatic rings. The van der Waals surface area contributed by atoms with Crippen LogP contribution in [0, 0.1) is 6.92 Å². The quantitative estimate of drug-likeness (QED) is 0.315. The Morgan fingerprint density at radius 2 is 1.82 bits per heavy atom. The first kappa shape index (κ1) is 23.4. The fourth-order valence-electron chi connectivity index (χ4n) is 3.99. The summed E-state index contributed by atoms with van der Waals surface area (Å²) >= 11 is 0. The van der Waals surface area contributed by atoms with Gasteiger partial charge < -0.3 is 19.4 Å². The number of aromatic nitrogens is 2. The van der Waals surface area contributed by atoms with E-state index in [2.05, 4.69) is 28.9 Å². The van der Waals surface area contributed by atoms with Gasteiger partial charge in [-0.1, -0.05) is 36.4 Å². The van der Waals surface area contributed by atoms with Gasteiger partial charge in [-0.2, -0.15) is 0 Å². The van der Waals surface area contributed by atoms with E-state index in [4.69, 9.17) is 14.5 Å². The van der Waals surface area contributed by atoms with Crippen LogP contribution in [0.5, 0.6) is 11.5 Å². The topological polar surface area (TPSA) is 65.4 Å². The highest BCUT2D eigenvalue weighted by molar-refractivity contribution is 5.94. The molecule has 0 aliphatic rings. The molecule has 1 amide bonds. The molecule has 0 saturated carbocycles. The Morgan fingerprint density at radius 3 is 2.68 bits per heavy atom. The molecule has 4 rings (SSSR count). The number of unbranched alkanes of at least 4 members (excludes halogenated alkanes) is 1. The maximum Gasteiger partial charge on any atom is 0.251 e. The minimum absolute atomic E-state index is 0.116. The van der Waals surface area contributed by atoms with Crippen LogP contribution in [0.3, 0.4) is 0 Å². The smallest absolute Gasteiger partial charge is 0.251 e. The zero-order valence-corrected chi connectivity index (χ0v) is 19.8. The lowest BCUT2D eigenvalue weighted by molar-refractivity contribution is 0.0953. The predicted octanol–water partition coefficient (Wildman–Crippen LogP) is 5.19.